The van der Waals surface area contributed by atoms with Crippen molar-refractivity contribution in [3.8, 4) is 0 Å². The summed E-state index contributed by atoms with van der Waals surface area (Å²) in [7, 11) is 0. The smallest absolute Gasteiger partial charge is 0.158 e. The van der Waals surface area contributed by atoms with Crippen LogP contribution in [0.4, 0.5) is 0 Å². The second-order valence-corrected chi connectivity index (χ2v) is 4.05. The molecule has 0 saturated heterocycles. The van der Waals surface area contributed by atoms with Crippen LogP contribution in [0.3, 0.4) is 0 Å². The zero-order chi connectivity index (χ0) is 8.55. The third-order valence-electron chi connectivity index (χ3n) is 3.36. The van der Waals surface area contributed by atoms with E-state index in [4.69, 9.17) is 0 Å². The first-order chi connectivity index (χ1) is 5.79. The highest BCUT2D eigenvalue weighted by Gasteiger charge is 2.27. The number of hydrogen-bond acceptors (Lipinski definition) is 1. The topological polar surface area (TPSA) is 17.1 Å². The minimum atomic E-state index is 0.406. The third-order valence-corrected chi connectivity index (χ3v) is 3.36. The van der Waals surface area contributed by atoms with Crippen LogP contribution in [0.1, 0.15) is 45.4 Å². The van der Waals surface area contributed by atoms with Crippen LogP contribution >= 0.6 is 0 Å². The van der Waals surface area contributed by atoms with Gasteiger partial charge in [0.05, 0.1) is 0 Å². The lowest BCUT2D eigenvalue weighted by Crippen LogP contribution is -2.20. The molecular weight excluding hydrogens is 148 g/mol. The van der Waals surface area contributed by atoms with Crippen molar-refractivity contribution in [1.29, 1.82) is 0 Å². The molecule has 0 amide bonds. The van der Waals surface area contributed by atoms with Crippen molar-refractivity contribution >= 4 is 5.78 Å². The Balaban J connectivity index is 2.29. The lowest BCUT2D eigenvalue weighted by atomic mass is 9.74. The summed E-state index contributed by atoms with van der Waals surface area (Å²) in [5, 5.41) is 0. The van der Waals surface area contributed by atoms with Gasteiger partial charge < -0.3 is 0 Å². The molecule has 66 valence electrons. The Hall–Kier alpha value is -0.590. The molecule has 0 N–H and O–H groups in total. The largest absolute Gasteiger partial charge is 0.295 e. The Bertz CT molecular complexity index is 237. The first-order valence-electron chi connectivity index (χ1n) is 5.02. The van der Waals surface area contributed by atoms with Gasteiger partial charge in [0, 0.05) is 6.42 Å². The minimum Gasteiger partial charge on any atom is -0.295 e. The van der Waals surface area contributed by atoms with Gasteiger partial charge in [-0.2, -0.15) is 0 Å². The van der Waals surface area contributed by atoms with Gasteiger partial charge in [-0.1, -0.05) is 12.0 Å². The van der Waals surface area contributed by atoms with Crippen molar-refractivity contribution in [3.05, 3.63) is 11.1 Å². The van der Waals surface area contributed by atoms with Gasteiger partial charge in [-0.15, -0.1) is 0 Å². The molecule has 0 aromatic rings. The lowest BCUT2D eigenvalue weighted by Gasteiger charge is -2.30. The van der Waals surface area contributed by atoms with Gasteiger partial charge in [0.1, 0.15) is 0 Å². The number of allylic oxidation sites excluding steroid dienone is 2. The van der Waals surface area contributed by atoms with E-state index >= 15 is 0 Å². The van der Waals surface area contributed by atoms with E-state index in [1.165, 1.54) is 31.3 Å². The van der Waals surface area contributed by atoms with Gasteiger partial charge >= 0.3 is 0 Å². The minimum absolute atomic E-state index is 0.406. The Morgan fingerprint density at radius 2 is 2.00 bits per heavy atom. The molecule has 1 nitrogen and oxygen atoms in total. The van der Waals surface area contributed by atoms with Crippen LogP contribution in [0.15, 0.2) is 11.1 Å². The third kappa shape index (κ3) is 1.21. The number of carbonyl (C=O) groups is 1. The molecule has 12 heavy (non-hydrogen) atoms. The van der Waals surface area contributed by atoms with E-state index in [2.05, 4.69) is 0 Å². The molecule has 0 aliphatic heterocycles. The second kappa shape index (κ2) is 3.04. The number of ketones is 1. The Morgan fingerprint density at radius 3 is 2.83 bits per heavy atom. The van der Waals surface area contributed by atoms with Gasteiger partial charge in [-0.3, -0.25) is 4.79 Å². The second-order valence-electron chi connectivity index (χ2n) is 4.05. The highest BCUT2D eigenvalue weighted by molar-refractivity contribution is 5.96. The molecule has 2 rings (SSSR count). The monoisotopic (exact) mass is 164 g/mol. The van der Waals surface area contributed by atoms with Crippen LogP contribution in [0, 0.1) is 5.92 Å². The summed E-state index contributed by atoms with van der Waals surface area (Å²) >= 11 is 0. The van der Waals surface area contributed by atoms with Gasteiger partial charge in [0.2, 0.25) is 0 Å². The summed E-state index contributed by atoms with van der Waals surface area (Å²) < 4.78 is 0. The predicted octanol–water partition coefficient (Wildman–Crippen LogP) is 2.86. The van der Waals surface area contributed by atoms with Crippen molar-refractivity contribution in [1.82, 2.24) is 0 Å². The summed E-state index contributed by atoms with van der Waals surface area (Å²) in [6.45, 7) is 2.02. The maximum atomic E-state index is 11.4. The molecule has 1 saturated carbocycles. The molecule has 1 atom stereocenters. The molecule has 0 radical (unpaired) electrons. The van der Waals surface area contributed by atoms with Crippen molar-refractivity contribution in [2.75, 3.05) is 0 Å². The zero-order valence-corrected chi connectivity index (χ0v) is 7.73. The van der Waals surface area contributed by atoms with Crippen molar-refractivity contribution in [3.63, 3.8) is 0 Å². The summed E-state index contributed by atoms with van der Waals surface area (Å²) in [5.41, 5.74) is 2.60. The maximum Gasteiger partial charge on any atom is 0.158 e. The first-order valence-corrected chi connectivity index (χ1v) is 5.02. The highest BCUT2D eigenvalue weighted by atomic mass is 16.1. The van der Waals surface area contributed by atoms with E-state index in [9.17, 15) is 4.79 Å². The van der Waals surface area contributed by atoms with Crippen LogP contribution in [-0.4, -0.2) is 5.78 Å². The Morgan fingerprint density at radius 1 is 1.17 bits per heavy atom. The van der Waals surface area contributed by atoms with Crippen molar-refractivity contribution < 1.29 is 4.79 Å². The van der Waals surface area contributed by atoms with Crippen LogP contribution in [0.2, 0.25) is 0 Å². The lowest BCUT2D eigenvalue weighted by molar-refractivity contribution is -0.116. The van der Waals surface area contributed by atoms with Gasteiger partial charge in [0.25, 0.3) is 0 Å². The van der Waals surface area contributed by atoms with Crippen LogP contribution in [-0.2, 0) is 4.79 Å². The molecule has 2 aliphatic carbocycles. The molecule has 0 heterocycles. The van der Waals surface area contributed by atoms with Crippen molar-refractivity contribution in [2.24, 2.45) is 5.92 Å². The quantitative estimate of drug-likeness (QED) is 0.538. The van der Waals surface area contributed by atoms with Crippen LogP contribution in [0.25, 0.3) is 0 Å². The van der Waals surface area contributed by atoms with Gasteiger partial charge in [-0.05, 0) is 44.1 Å². The van der Waals surface area contributed by atoms with E-state index in [1.807, 2.05) is 6.92 Å². The summed E-state index contributed by atoms with van der Waals surface area (Å²) in [4.78, 5) is 11.4. The van der Waals surface area contributed by atoms with E-state index in [1.54, 1.807) is 0 Å². The maximum absolute atomic E-state index is 11.4. The van der Waals surface area contributed by atoms with Crippen LogP contribution in [0.5, 0.6) is 0 Å². The fraction of sp³-hybridized carbons (Fsp3) is 0.727. The summed E-state index contributed by atoms with van der Waals surface area (Å²) in [5.74, 6) is 1.18. The predicted molar refractivity (Wildman–Crippen MR) is 48.9 cm³/mol. The number of Topliss-reactive ketones (excluding diaryl/α,β-unsaturated/α-hetero) is 1. The fourth-order valence-electron chi connectivity index (χ4n) is 2.57. The average Bonchev–Trinajstić information content (AvgIpc) is 2.12. The molecule has 1 heteroatoms. The molecule has 0 aromatic carbocycles. The molecule has 0 aromatic heterocycles. The average molecular weight is 164 g/mol. The first kappa shape index (κ1) is 8.03. The molecular formula is C11H16O. The molecule has 0 bridgehead atoms. The SMILES string of the molecule is CC1=C2CCCC[C@@H]2CCC1=O. The highest BCUT2D eigenvalue weighted by Crippen LogP contribution is 2.38. The van der Waals surface area contributed by atoms with E-state index < -0.39 is 0 Å². The fourth-order valence-corrected chi connectivity index (χ4v) is 2.57. The van der Waals surface area contributed by atoms with E-state index in [0.29, 0.717) is 5.78 Å². The van der Waals surface area contributed by atoms with Crippen molar-refractivity contribution in [2.45, 2.75) is 45.4 Å². The number of fused-ring (bicyclic) bond motifs is 1. The van der Waals surface area contributed by atoms with E-state index in [0.717, 1.165) is 24.3 Å². The molecule has 1 fully saturated rings. The number of carbonyl (C=O) groups excluding carboxylic acids is 1. The standard InChI is InChI=1S/C11H16O/c1-8-10-5-3-2-4-9(10)6-7-11(8)12/h9H,2-7H2,1H3/t9-/m1/s1. The Labute approximate surface area is 73.8 Å². The normalized spacial score (nSPS) is 30.4. The van der Waals surface area contributed by atoms with Gasteiger partial charge in [0.15, 0.2) is 5.78 Å². The summed E-state index contributed by atoms with van der Waals surface area (Å²) in [6, 6.07) is 0. The summed E-state index contributed by atoms with van der Waals surface area (Å²) in [6.07, 6.45) is 7.14. The Kier molecular flexibility index (Phi) is 2.03. The van der Waals surface area contributed by atoms with Crippen LogP contribution < -0.4 is 0 Å². The molecule has 0 spiro atoms. The zero-order valence-electron chi connectivity index (χ0n) is 7.73. The van der Waals surface area contributed by atoms with E-state index in [-0.39, 0.29) is 0 Å². The molecule has 0 unspecified atom stereocenters. The van der Waals surface area contributed by atoms with Gasteiger partial charge in [-0.25, -0.2) is 0 Å². The molecule has 2 aliphatic rings. The number of rotatable bonds is 0. The number of hydrogen-bond donors (Lipinski definition) is 0.